The molecule has 262 valence electrons. The Hall–Kier alpha value is -4.96. The third kappa shape index (κ3) is 6.60. The van der Waals surface area contributed by atoms with Gasteiger partial charge in [0, 0.05) is 24.2 Å². The summed E-state index contributed by atoms with van der Waals surface area (Å²) in [7, 11) is -3.31. The van der Waals surface area contributed by atoms with Gasteiger partial charge in [-0.25, -0.2) is 0 Å². The SMILES string of the molecule is C[C@@H](c1ccccc1)N([C@@H](C)c1ccccc1)p1oc2cccc3op(N([C@@H](C)c4ccccc4)[C@@H](C)c4ccccc4)oc4cccc(o1)c4c23. The molecule has 6 aromatic carbocycles. The second-order valence-corrected chi connectivity index (χ2v) is 15.8. The molecule has 8 heteroatoms. The molecule has 0 saturated heterocycles. The fourth-order valence-electron chi connectivity index (χ4n) is 7.16. The second-order valence-electron chi connectivity index (χ2n) is 13.2. The molecule has 4 atom stereocenters. The molecule has 0 N–H and O–H groups in total. The lowest BCUT2D eigenvalue weighted by Crippen LogP contribution is -2.27. The molecule has 0 radical (unpaired) electrons. The maximum Gasteiger partial charge on any atom is 0.310 e. The first-order chi connectivity index (χ1) is 25.5. The summed E-state index contributed by atoms with van der Waals surface area (Å²) in [6.45, 7) is 8.90. The van der Waals surface area contributed by atoms with Gasteiger partial charge >= 0.3 is 16.3 Å². The minimum atomic E-state index is -1.65. The largest absolute Gasteiger partial charge is 0.408 e. The predicted octanol–water partition coefficient (Wildman–Crippen LogP) is 14.1. The van der Waals surface area contributed by atoms with Crippen LogP contribution in [0.15, 0.2) is 175 Å². The van der Waals surface area contributed by atoms with Gasteiger partial charge in [0.2, 0.25) is 0 Å². The zero-order valence-corrected chi connectivity index (χ0v) is 31.5. The Bertz CT molecular complexity index is 2120. The van der Waals surface area contributed by atoms with E-state index >= 15 is 0 Å². The highest BCUT2D eigenvalue weighted by Gasteiger charge is 2.31. The van der Waals surface area contributed by atoms with Crippen LogP contribution in [0, 0.1) is 0 Å². The molecule has 6 nitrogen and oxygen atoms in total. The topological polar surface area (TPSA) is 59.0 Å². The van der Waals surface area contributed by atoms with E-state index in [9.17, 15) is 0 Å². The van der Waals surface area contributed by atoms with E-state index in [1.165, 1.54) is 22.3 Å². The van der Waals surface area contributed by atoms with Gasteiger partial charge in [-0.1, -0.05) is 133 Å². The quantitative estimate of drug-likeness (QED) is 0.140. The Morgan fingerprint density at radius 3 is 0.788 bits per heavy atom. The van der Waals surface area contributed by atoms with E-state index in [0.717, 1.165) is 10.8 Å². The number of rotatable bonds is 10. The average molecular weight is 725 g/mol. The lowest BCUT2D eigenvalue weighted by molar-refractivity contribution is 0.555. The van der Waals surface area contributed by atoms with Gasteiger partial charge in [-0.05, 0) is 74.2 Å². The third-order valence-electron chi connectivity index (χ3n) is 10.0. The lowest BCUT2D eigenvalue weighted by Gasteiger charge is -2.32. The van der Waals surface area contributed by atoms with Gasteiger partial charge in [-0.3, -0.25) is 0 Å². The first-order valence-corrected chi connectivity index (χ1v) is 20.1. The Morgan fingerprint density at radius 2 is 0.558 bits per heavy atom. The molecule has 0 bridgehead atoms. The number of nitrogens with zero attached hydrogens (tertiary/aromatic N) is 2. The zero-order valence-electron chi connectivity index (χ0n) is 29.7. The smallest absolute Gasteiger partial charge is 0.310 e. The van der Waals surface area contributed by atoms with Crippen LogP contribution in [0.5, 0.6) is 0 Å². The number of benzene rings is 6. The number of hydrogen-bond acceptors (Lipinski definition) is 6. The third-order valence-corrected chi connectivity index (χ3v) is 13.6. The molecule has 0 saturated carbocycles. The van der Waals surface area contributed by atoms with Gasteiger partial charge in [0.05, 0.1) is 10.8 Å². The van der Waals surface area contributed by atoms with E-state index in [0.29, 0.717) is 22.3 Å². The normalized spacial score (nSPS) is 14.2. The Kier molecular flexibility index (Phi) is 9.82. The average Bonchev–Trinajstić information content (AvgIpc) is 3.48. The van der Waals surface area contributed by atoms with Crippen LogP contribution in [0.2, 0.25) is 0 Å². The summed E-state index contributed by atoms with van der Waals surface area (Å²) in [5, 5.41) is 1.70. The van der Waals surface area contributed by atoms with E-state index in [-0.39, 0.29) is 24.2 Å². The summed E-state index contributed by atoms with van der Waals surface area (Å²) in [6.07, 6.45) is 0. The summed E-state index contributed by atoms with van der Waals surface area (Å²) in [4.78, 5) is 0. The standard InChI is InChI=1S/C44H42N2O4P2/c1-31(35-19-9-5-10-20-35)45(32(2)36-21-11-6-12-22-36)51-47-39-27-17-29-41-43(39)44-40(48-51)28-18-30-42(44)50-52(49-41)46(33(3)37-23-13-7-14-24-37)34(4)38-25-15-8-16-26-38/h5-34H,1-4H3/t31-,32-,33-,34-,51?,52?/m0/s1. The molecule has 2 heterocycles. The molecule has 0 fully saturated rings. The van der Waals surface area contributed by atoms with Crippen LogP contribution < -0.4 is 9.34 Å². The van der Waals surface area contributed by atoms with Crippen molar-refractivity contribution in [2.75, 3.05) is 9.34 Å². The molecular weight excluding hydrogens is 682 g/mol. The van der Waals surface area contributed by atoms with E-state index < -0.39 is 16.3 Å². The first kappa shape index (κ1) is 34.1. The fourth-order valence-corrected chi connectivity index (χ4v) is 10.6. The Labute approximate surface area is 306 Å². The second kappa shape index (κ2) is 14.9. The maximum absolute atomic E-state index is 7.07. The molecule has 52 heavy (non-hydrogen) atoms. The number of hydrogen-bond donors (Lipinski definition) is 0. The highest BCUT2D eigenvalue weighted by molar-refractivity contribution is 7.39. The monoisotopic (exact) mass is 724 g/mol. The van der Waals surface area contributed by atoms with Crippen molar-refractivity contribution in [3.63, 3.8) is 0 Å². The van der Waals surface area contributed by atoms with Crippen molar-refractivity contribution in [3.05, 3.63) is 180 Å². The van der Waals surface area contributed by atoms with Crippen molar-refractivity contribution in [2.45, 2.75) is 51.9 Å². The minimum Gasteiger partial charge on any atom is -0.408 e. The van der Waals surface area contributed by atoms with Crippen LogP contribution in [-0.2, 0) is 0 Å². The molecule has 0 aliphatic heterocycles. The molecular formula is C44H42N2O4P2. The molecule has 0 spiro atoms. The van der Waals surface area contributed by atoms with E-state index in [1.807, 2.05) is 36.4 Å². The lowest BCUT2D eigenvalue weighted by atomic mass is 10.0. The summed E-state index contributed by atoms with van der Waals surface area (Å²) < 4.78 is 33.0. The van der Waals surface area contributed by atoms with Crippen molar-refractivity contribution >= 4 is 49.4 Å². The molecule has 2 aromatic heterocycles. The van der Waals surface area contributed by atoms with Crippen molar-refractivity contribution in [2.24, 2.45) is 0 Å². The van der Waals surface area contributed by atoms with Gasteiger partial charge in [-0.2, -0.15) is 9.34 Å². The maximum atomic E-state index is 7.07. The summed E-state index contributed by atoms with van der Waals surface area (Å²) >= 11 is 0. The Balaban J connectivity index is 1.37. The van der Waals surface area contributed by atoms with Gasteiger partial charge in [-0.15, -0.1) is 0 Å². The molecule has 8 rings (SSSR count). The van der Waals surface area contributed by atoms with E-state index in [1.54, 1.807) is 0 Å². The molecule has 0 aliphatic carbocycles. The van der Waals surface area contributed by atoms with Crippen LogP contribution in [0.3, 0.4) is 0 Å². The van der Waals surface area contributed by atoms with E-state index in [4.69, 9.17) is 16.8 Å². The van der Waals surface area contributed by atoms with Crippen molar-refractivity contribution in [1.82, 2.24) is 0 Å². The van der Waals surface area contributed by atoms with Crippen LogP contribution in [0.25, 0.3) is 33.1 Å². The zero-order chi connectivity index (χ0) is 35.6. The summed E-state index contributed by atoms with van der Waals surface area (Å²) in [5.74, 6) is 0. The Morgan fingerprint density at radius 1 is 0.327 bits per heavy atom. The van der Waals surface area contributed by atoms with Crippen molar-refractivity contribution in [3.8, 4) is 0 Å². The van der Waals surface area contributed by atoms with Crippen molar-refractivity contribution < 1.29 is 16.8 Å². The van der Waals surface area contributed by atoms with Gasteiger partial charge in [0.1, 0.15) is 22.3 Å². The predicted molar refractivity (Wildman–Crippen MR) is 216 cm³/mol. The highest BCUT2D eigenvalue weighted by Crippen LogP contribution is 2.50. The van der Waals surface area contributed by atoms with Crippen LogP contribution in [0.4, 0.5) is 0 Å². The molecule has 8 aromatic rings. The fraction of sp³-hybridized carbons (Fsp3) is 0.182. The van der Waals surface area contributed by atoms with Gasteiger partial charge in [0.15, 0.2) is 0 Å². The van der Waals surface area contributed by atoms with Gasteiger partial charge < -0.3 is 16.8 Å². The van der Waals surface area contributed by atoms with Crippen LogP contribution in [-0.4, -0.2) is 0 Å². The molecule has 0 aliphatic rings. The minimum absolute atomic E-state index is 0.0142. The summed E-state index contributed by atoms with van der Waals surface area (Å²) in [5.41, 5.74) is 7.58. The highest BCUT2D eigenvalue weighted by atomic mass is 31.1. The molecule has 0 amide bonds. The van der Waals surface area contributed by atoms with E-state index in [2.05, 4.69) is 158 Å². The first-order valence-electron chi connectivity index (χ1n) is 17.8. The summed E-state index contributed by atoms with van der Waals surface area (Å²) in [6, 6.07) is 54.3. The molecule has 0 unspecified atom stereocenters. The van der Waals surface area contributed by atoms with Gasteiger partial charge in [0.25, 0.3) is 0 Å². The van der Waals surface area contributed by atoms with Crippen molar-refractivity contribution in [1.29, 1.82) is 0 Å². The van der Waals surface area contributed by atoms with Crippen LogP contribution >= 0.6 is 16.3 Å². The van der Waals surface area contributed by atoms with Crippen LogP contribution in [0.1, 0.15) is 74.1 Å².